The fourth-order valence-electron chi connectivity index (χ4n) is 2.86. The molecule has 5 nitrogen and oxygen atoms in total. The van der Waals surface area contributed by atoms with Gasteiger partial charge in [-0.05, 0) is 12.8 Å². The second-order valence-electron chi connectivity index (χ2n) is 5.84. The average molecular weight is 270 g/mol. The molecule has 3 N–H and O–H groups in total. The van der Waals surface area contributed by atoms with E-state index in [0.29, 0.717) is 45.2 Å². The van der Waals surface area contributed by atoms with E-state index in [2.05, 4.69) is 10.6 Å². The maximum absolute atomic E-state index is 11.8. The molecule has 0 unspecified atom stereocenters. The summed E-state index contributed by atoms with van der Waals surface area (Å²) >= 11 is 0. The fraction of sp³-hybridized carbons (Fsp3) is 0.929. The topological polar surface area (TPSA) is 70.6 Å². The normalized spacial score (nSPS) is 24.1. The SMILES string of the molecule is O=C(CNCC1(O)CCOCC1)NC1CCCCC1. The zero-order chi connectivity index (χ0) is 13.6. The highest BCUT2D eigenvalue weighted by Crippen LogP contribution is 2.19. The number of nitrogens with one attached hydrogen (secondary N) is 2. The summed E-state index contributed by atoms with van der Waals surface area (Å²) in [5.74, 6) is 0.0440. The predicted octanol–water partition coefficient (Wildman–Crippen LogP) is 0.566. The molecule has 0 aromatic rings. The van der Waals surface area contributed by atoms with Gasteiger partial charge in [0, 0.05) is 38.6 Å². The Morgan fingerprint density at radius 1 is 1.21 bits per heavy atom. The highest BCUT2D eigenvalue weighted by Gasteiger charge is 2.29. The maximum Gasteiger partial charge on any atom is 0.234 e. The summed E-state index contributed by atoms with van der Waals surface area (Å²) in [4.78, 5) is 11.8. The van der Waals surface area contributed by atoms with Crippen LogP contribution in [0.25, 0.3) is 0 Å². The van der Waals surface area contributed by atoms with Gasteiger partial charge < -0.3 is 20.5 Å². The van der Waals surface area contributed by atoms with Crippen LogP contribution in [0.1, 0.15) is 44.9 Å². The largest absolute Gasteiger partial charge is 0.388 e. The standard InChI is InChI=1S/C14H26N2O3/c17-13(16-12-4-2-1-3-5-12)10-15-11-14(18)6-8-19-9-7-14/h12,15,18H,1-11H2,(H,16,17). The summed E-state index contributed by atoms with van der Waals surface area (Å²) in [6.45, 7) is 1.97. The quantitative estimate of drug-likeness (QED) is 0.683. The van der Waals surface area contributed by atoms with E-state index in [1.165, 1.54) is 19.3 Å². The van der Waals surface area contributed by atoms with Crippen LogP contribution in [0.3, 0.4) is 0 Å². The van der Waals surface area contributed by atoms with Crippen LogP contribution in [0.5, 0.6) is 0 Å². The summed E-state index contributed by atoms with van der Waals surface area (Å²) < 4.78 is 5.23. The van der Waals surface area contributed by atoms with E-state index in [9.17, 15) is 9.90 Å². The summed E-state index contributed by atoms with van der Waals surface area (Å²) in [5.41, 5.74) is -0.705. The Bertz CT molecular complexity index is 284. The number of amides is 1. The van der Waals surface area contributed by atoms with Crippen LogP contribution in [0.15, 0.2) is 0 Å². The first kappa shape index (κ1) is 14.8. The van der Waals surface area contributed by atoms with Gasteiger partial charge in [0.25, 0.3) is 0 Å². The molecular weight excluding hydrogens is 244 g/mol. The van der Waals surface area contributed by atoms with Crippen LogP contribution in [-0.4, -0.2) is 49.0 Å². The predicted molar refractivity (Wildman–Crippen MR) is 72.9 cm³/mol. The third-order valence-electron chi connectivity index (χ3n) is 4.13. The zero-order valence-corrected chi connectivity index (χ0v) is 11.6. The lowest BCUT2D eigenvalue weighted by Gasteiger charge is -2.32. The van der Waals surface area contributed by atoms with Crippen molar-refractivity contribution in [2.75, 3.05) is 26.3 Å². The summed E-state index contributed by atoms with van der Waals surface area (Å²) in [6.07, 6.45) is 7.23. The van der Waals surface area contributed by atoms with Crippen molar-refractivity contribution in [3.8, 4) is 0 Å². The van der Waals surface area contributed by atoms with Gasteiger partial charge in [0.05, 0.1) is 12.1 Å². The van der Waals surface area contributed by atoms with Gasteiger partial charge in [-0.3, -0.25) is 4.79 Å². The van der Waals surface area contributed by atoms with Crippen LogP contribution in [0.2, 0.25) is 0 Å². The highest BCUT2D eigenvalue weighted by molar-refractivity contribution is 5.78. The van der Waals surface area contributed by atoms with Crippen LogP contribution < -0.4 is 10.6 Å². The molecule has 5 heteroatoms. The third kappa shape index (κ3) is 5.09. The fourth-order valence-corrected chi connectivity index (χ4v) is 2.86. The minimum Gasteiger partial charge on any atom is -0.388 e. The Morgan fingerprint density at radius 2 is 1.89 bits per heavy atom. The molecule has 0 bridgehead atoms. The minimum atomic E-state index is -0.705. The van der Waals surface area contributed by atoms with Crippen LogP contribution in [0.4, 0.5) is 0 Å². The highest BCUT2D eigenvalue weighted by atomic mass is 16.5. The second-order valence-corrected chi connectivity index (χ2v) is 5.84. The van der Waals surface area contributed by atoms with Gasteiger partial charge in [-0.25, -0.2) is 0 Å². The molecule has 1 saturated carbocycles. The molecule has 2 aliphatic rings. The van der Waals surface area contributed by atoms with Gasteiger partial charge in [-0.2, -0.15) is 0 Å². The van der Waals surface area contributed by atoms with Gasteiger partial charge in [0.2, 0.25) is 5.91 Å². The Kier molecular flexibility index (Phi) is 5.60. The first-order valence-electron chi connectivity index (χ1n) is 7.48. The molecule has 0 radical (unpaired) electrons. The Morgan fingerprint density at radius 3 is 2.58 bits per heavy atom. The van der Waals surface area contributed by atoms with E-state index in [-0.39, 0.29) is 5.91 Å². The summed E-state index contributed by atoms with van der Waals surface area (Å²) in [7, 11) is 0. The van der Waals surface area contributed by atoms with Crippen molar-refractivity contribution in [1.82, 2.24) is 10.6 Å². The lowest BCUT2D eigenvalue weighted by molar-refractivity contribution is -0.121. The summed E-state index contributed by atoms with van der Waals surface area (Å²) in [5, 5.41) is 16.4. The number of rotatable bonds is 5. The molecule has 0 spiro atoms. The van der Waals surface area contributed by atoms with Gasteiger partial charge in [0.1, 0.15) is 0 Å². The molecule has 1 aliphatic heterocycles. The molecule has 0 atom stereocenters. The van der Waals surface area contributed by atoms with Crippen LogP contribution in [0, 0.1) is 0 Å². The number of aliphatic hydroxyl groups is 1. The molecule has 19 heavy (non-hydrogen) atoms. The van der Waals surface area contributed by atoms with Gasteiger partial charge in [-0.1, -0.05) is 19.3 Å². The van der Waals surface area contributed by atoms with Crippen molar-refractivity contribution in [2.24, 2.45) is 0 Å². The number of carbonyl (C=O) groups is 1. The molecule has 1 heterocycles. The number of hydrogen-bond donors (Lipinski definition) is 3. The zero-order valence-electron chi connectivity index (χ0n) is 11.6. The molecule has 2 fully saturated rings. The minimum absolute atomic E-state index is 0.0440. The van der Waals surface area contributed by atoms with E-state index in [4.69, 9.17) is 4.74 Å². The van der Waals surface area contributed by atoms with Crippen LogP contribution in [-0.2, 0) is 9.53 Å². The lowest BCUT2D eigenvalue weighted by Crippen LogP contribution is -2.48. The molecule has 2 rings (SSSR count). The third-order valence-corrected chi connectivity index (χ3v) is 4.13. The van der Waals surface area contributed by atoms with Crippen molar-refractivity contribution in [1.29, 1.82) is 0 Å². The van der Waals surface area contributed by atoms with E-state index >= 15 is 0 Å². The monoisotopic (exact) mass is 270 g/mol. The number of hydrogen-bond acceptors (Lipinski definition) is 4. The number of ether oxygens (including phenoxy) is 1. The molecule has 1 aliphatic carbocycles. The van der Waals surface area contributed by atoms with Crippen molar-refractivity contribution >= 4 is 5.91 Å². The van der Waals surface area contributed by atoms with E-state index in [1.54, 1.807) is 0 Å². The maximum atomic E-state index is 11.8. The van der Waals surface area contributed by atoms with Gasteiger partial charge >= 0.3 is 0 Å². The Balaban J connectivity index is 1.60. The molecule has 0 aromatic heterocycles. The van der Waals surface area contributed by atoms with E-state index in [1.807, 2.05) is 0 Å². The van der Waals surface area contributed by atoms with Crippen molar-refractivity contribution < 1.29 is 14.6 Å². The average Bonchev–Trinajstić information content (AvgIpc) is 2.40. The summed E-state index contributed by atoms with van der Waals surface area (Å²) in [6, 6.07) is 0.356. The number of carbonyl (C=O) groups excluding carboxylic acids is 1. The van der Waals surface area contributed by atoms with Crippen molar-refractivity contribution in [3.05, 3.63) is 0 Å². The molecule has 1 amide bonds. The van der Waals surface area contributed by atoms with E-state index in [0.717, 1.165) is 12.8 Å². The molecular formula is C14H26N2O3. The van der Waals surface area contributed by atoms with Crippen molar-refractivity contribution in [2.45, 2.75) is 56.6 Å². The van der Waals surface area contributed by atoms with E-state index < -0.39 is 5.60 Å². The first-order valence-corrected chi connectivity index (χ1v) is 7.48. The second kappa shape index (κ2) is 7.22. The Labute approximate surface area is 115 Å². The lowest BCUT2D eigenvalue weighted by atomic mass is 9.94. The van der Waals surface area contributed by atoms with Gasteiger partial charge in [0.15, 0.2) is 0 Å². The molecule has 1 saturated heterocycles. The molecule has 0 aromatic carbocycles. The van der Waals surface area contributed by atoms with Crippen LogP contribution >= 0.6 is 0 Å². The first-order chi connectivity index (χ1) is 9.18. The smallest absolute Gasteiger partial charge is 0.234 e. The van der Waals surface area contributed by atoms with Gasteiger partial charge in [-0.15, -0.1) is 0 Å². The Hall–Kier alpha value is -0.650. The van der Waals surface area contributed by atoms with Crippen molar-refractivity contribution in [3.63, 3.8) is 0 Å². The molecule has 110 valence electrons.